The summed E-state index contributed by atoms with van der Waals surface area (Å²) in [5.41, 5.74) is 1.72. The van der Waals surface area contributed by atoms with Gasteiger partial charge in [0.15, 0.2) is 5.75 Å². The van der Waals surface area contributed by atoms with E-state index in [0.717, 1.165) is 0 Å². The van der Waals surface area contributed by atoms with Gasteiger partial charge < -0.3 is 24.3 Å². The number of aromatic nitrogens is 1. The largest absolute Gasteiger partial charge is 0.481 e. The summed E-state index contributed by atoms with van der Waals surface area (Å²) in [6.45, 7) is 0.792. The van der Waals surface area contributed by atoms with E-state index in [1.54, 1.807) is 31.2 Å². The van der Waals surface area contributed by atoms with Crippen LogP contribution in [0.1, 0.15) is 53.9 Å². The van der Waals surface area contributed by atoms with Crippen molar-refractivity contribution in [2.45, 2.75) is 44.5 Å². The highest BCUT2D eigenvalue weighted by atomic mass is 35.5. The molecule has 1 aromatic heterocycles. The van der Waals surface area contributed by atoms with Crippen LogP contribution in [0.5, 0.6) is 5.75 Å². The van der Waals surface area contributed by atoms with Gasteiger partial charge in [0.1, 0.15) is 18.8 Å². The number of carbonyl (C=O) groups excluding carboxylic acids is 1. The fourth-order valence-corrected chi connectivity index (χ4v) is 3.81. The Labute approximate surface area is 207 Å². The number of carboxylic acid groups (broad SMARTS) is 1. The molecule has 0 spiro atoms. The molecule has 3 atom stereocenters. The summed E-state index contributed by atoms with van der Waals surface area (Å²) in [5, 5.41) is 28.7. The molecule has 192 valence electrons. The maximum Gasteiger partial charge on any atom is 0.311 e. The van der Waals surface area contributed by atoms with Crippen LogP contribution in [0.3, 0.4) is 0 Å². The van der Waals surface area contributed by atoms with Gasteiger partial charge in [-0.15, -0.1) is 20.2 Å². The maximum atomic E-state index is 12.3. The normalized spacial score (nSPS) is 17.1. The molecule has 2 aromatic rings. The van der Waals surface area contributed by atoms with Gasteiger partial charge in [-0.3, -0.25) is 14.6 Å². The molecule has 3 unspecified atom stereocenters. The van der Waals surface area contributed by atoms with Crippen molar-refractivity contribution in [3.8, 4) is 5.75 Å². The van der Waals surface area contributed by atoms with Gasteiger partial charge in [-0.1, -0.05) is 23.7 Å². The van der Waals surface area contributed by atoms with Crippen molar-refractivity contribution in [2.24, 2.45) is 0 Å². The molecule has 0 aliphatic carbocycles. The molecule has 1 aliphatic heterocycles. The van der Waals surface area contributed by atoms with Gasteiger partial charge in [0, 0.05) is 28.8 Å². The lowest BCUT2D eigenvalue weighted by Crippen LogP contribution is -2.27. The number of hydrogen-bond acceptors (Lipinski definition) is 11. The van der Waals surface area contributed by atoms with Crippen molar-refractivity contribution in [1.29, 1.82) is 0 Å². The summed E-state index contributed by atoms with van der Waals surface area (Å²) >= 11 is 5.98. The zero-order chi connectivity index (χ0) is 26.4. The van der Waals surface area contributed by atoms with Crippen molar-refractivity contribution in [3.63, 3.8) is 0 Å². The standard InChI is InChI=1S/C21H20ClN3O11/c1-11-20(35-18(28)7-6-17(26)27)19-15(9-23-11)21(12-2-4-13(22)5-3-12)34-16(19)8-14(36-25(31)32)10-33-24(29)30/h2-5,9,14,16,21H,6-8,10H2,1H3,(H,26,27). The van der Waals surface area contributed by atoms with Crippen LogP contribution in [0.4, 0.5) is 0 Å². The second-order valence-corrected chi connectivity index (χ2v) is 8.11. The van der Waals surface area contributed by atoms with Gasteiger partial charge in [0.2, 0.25) is 0 Å². The summed E-state index contributed by atoms with van der Waals surface area (Å²) < 4.78 is 11.6. The number of rotatable bonds is 12. The van der Waals surface area contributed by atoms with Gasteiger partial charge in [-0.2, -0.15) is 0 Å². The molecule has 15 heteroatoms. The second-order valence-electron chi connectivity index (χ2n) is 7.67. The smallest absolute Gasteiger partial charge is 0.311 e. The molecule has 0 bridgehead atoms. The Balaban J connectivity index is 2.00. The van der Waals surface area contributed by atoms with Crippen LogP contribution in [-0.2, 0) is 24.0 Å². The predicted octanol–water partition coefficient (Wildman–Crippen LogP) is 3.15. The van der Waals surface area contributed by atoms with E-state index in [4.69, 9.17) is 26.2 Å². The molecule has 14 nitrogen and oxygen atoms in total. The molecule has 0 radical (unpaired) electrons. The van der Waals surface area contributed by atoms with Crippen molar-refractivity contribution in [3.05, 3.63) is 78.1 Å². The lowest BCUT2D eigenvalue weighted by molar-refractivity contribution is -0.790. The minimum absolute atomic E-state index is 0.000556. The minimum atomic E-state index is -1.41. The highest BCUT2D eigenvalue weighted by molar-refractivity contribution is 6.30. The van der Waals surface area contributed by atoms with Gasteiger partial charge in [0.05, 0.1) is 24.6 Å². The van der Waals surface area contributed by atoms with Crippen molar-refractivity contribution in [2.75, 3.05) is 6.61 Å². The zero-order valence-corrected chi connectivity index (χ0v) is 19.5. The van der Waals surface area contributed by atoms with E-state index in [1.807, 2.05) is 0 Å². The first-order chi connectivity index (χ1) is 17.0. The first kappa shape index (κ1) is 26.6. The van der Waals surface area contributed by atoms with Gasteiger partial charge in [0.25, 0.3) is 10.2 Å². The average Bonchev–Trinajstić information content (AvgIpc) is 3.16. The van der Waals surface area contributed by atoms with E-state index in [0.29, 0.717) is 21.7 Å². The molecular weight excluding hydrogens is 506 g/mol. The lowest BCUT2D eigenvalue weighted by atomic mass is 9.96. The SMILES string of the molecule is Cc1ncc2c(c1OC(=O)CCC(=O)O)C(CC(CO[N+](=O)[O-])O[N+](=O)[O-])OC2c1ccc(Cl)cc1. The van der Waals surface area contributed by atoms with Gasteiger partial charge in [-0.25, -0.2) is 0 Å². The molecular formula is C21H20ClN3O11. The molecule has 0 fully saturated rings. The first-order valence-electron chi connectivity index (χ1n) is 10.5. The first-order valence-corrected chi connectivity index (χ1v) is 10.8. The molecule has 2 heterocycles. The number of benzene rings is 1. The summed E-state index contributed by atoms with van der Waals surface area (Å²) in [7, 11) is 0. The number of carboxylic acids is 1. The third-order valence-electron chi connectivity index (χ3n) is 5.20. The fourth-order valence-electron chi connectivity index (χ4n) is 3.68. The minimum Gasteiger partial charge on any atom is -0.481 e. The number of fused-ring (bicyclic) bond motifs is 1. The van der Waals surface area contributed by atoms with Crippen LogP contribution >= 0.6 is 11.6 Å². The van der Waals surface area contributed by atoms with E-state index in [2.05, 4.69) is 14.7 Å². The second kappa shape index (κ2) is 11.6. The predicted molar refractivity (Wildman–Crippen MR) is 118 cm³/mol. The number of carbonyl (C=O) groups is 2. The Morgan fingerprint density at radius 1 is 1.19 bits per heavy atom. The molecule has 36 heavy (non-hydrogen) atoms. The molecule has 0 amide bonds. The molecule has 0 saturated heterocycles. The van der Waals surface area contributed by atoms with Gasteiger partial charge >= 0.3 is 11.9 Å². The number of hydrogen-bond donors (Lipinski definition) is 1. The molecule has 1 N–H and O–H groups in total. The number of aliphatic carboxylic acids is 1. The van der Waals surface area contributed by atoms with E-state index in [9.17, 15) is 29.8 Å². The van der Waals surface area contributed by atoms with Crippen LogP contribution in [0.2, 0.25) is 5.02 Å². The maximum absolute atomic E-state index is 12.3. The number of aryl methyl sites for hydroxylation is 1. The highest BCUT2D eigenvalue weighted by Crippen LogP contribution is 2.49. The monoisotopic (exact) mass is 525 g/mol. The molecule has 1 aliphatic rings. The zero-order valence-electron chi connectivity index (χ0n) is 18.7. The Morgan fingerprint density at radius 3 is 2.50 bits per heavy atom. The summed E-state index contributed by atoms with van der Waals surface area (Å²) in [6.07, 6.45) is -2.80. The van der Waals surface area contributed by atoms with Crippen LogP contribution in [0.25, 0.3) is 0 Å². The molecule has 3 rings (SSSR count). The summed E-state index contributed by atoms with van der Waals surface area (Å²) in [5.74, 6) is -2.02. The lowest BCUT2D eigenvalue weighted by Gasteiger charge is -2.21. The van der Waals surface area contributed by atoms with Crippen molar-refractivity contribution < 1.29 is 44.0 Å². The van der Waals surface area contributed by atoms with Crippen molar-refractivity contribution in [1.82, 2.24) is 4.98 Å². The summed E-state index contributed by atoms with van der Waals surface area (Å²) in [4.78, 5) is 57.8. The Morgan fingerprint density at radius 2 is 1.89 bits per heavy atom. The number of pyridine rings is 1. The quantitative estimate of drug-likeness (QED) is 0.242. The van der Waals surface area contributed by atoms with Gasteiger partial charge in [-0.05, 0) is 24.6 Å². The van der Waals surface area contributed by atoms with E-state index in [-0.39, 0.29) is 17.9 Å². The van der Waals surface area contributed by atoms with Crippen molar-refractivity contribution >= 4 is 23.5 Å². The third-order valence-corrected chi connectivity index (χ3v) is 5.45. The Hall–Kier alpha value is -4.04. The van der Waals surface area contributed by atoms with E-state index < -0.39 is 59.9 Å². The highest BCUT2D eigenvalue weighted by Gasteiger charge is 2.39. The number of ether oxygens (including phenoxy) is 2. The molecule has 0 saturated carbocycles. The van der Waals surface area contributed by atoms with Crippen LogP contribution in [-0.4, -0.2) is 44.9 Å². The fraction of sp³-hybridized carbons (Fsp3) is 0.381. The molecule has 1 aromatic carbocycles. The Kier molecular flexibility index (Phi) is 8.55. The van der Waals surface area contributed by atoms with Crippen LogP contribution in [0, 0.1) is 27.2 Å². The topological polar surface area (TPSA) is 190 Å². The van der Waals surface area contributed by atoms with Crippen LogP contribution < -0.4 is 4.74 Å². The number of esters is 1. The average molecular weight is 526 g/mol. The Bertz CT molecular complexity index is 1160. The van der Waals surface area contributed by atoms with E-state index >= 15 is 0 Å². The number of halogens is 1. The van der Waals surface area contributed by atoms with Crippen LogP contribution in [0.15, 0.2) is 30.5 Å². The number of nitrogens with zero attached hydrogens (tertiary/aromatic N) is 3. The third kappa shape index (κ3) is 6.76. The summed E-state index contributed by atoms with van der Waals surface area (Å²) in [6, 6.07) is 6.65. The van der Waals surface area contributed by atoms with E-state index in [1.165, 1.54) is 6.20 Å².